The fraction of sp³-hybridized carbons (Fsp3) is 0.250. The van der Waals surface area contributed by atoms with Crippen molar-refractivity contribution in [3.05, 3.63) is 63.8 Å². The van der Waals surface area contributed by atoms with Gasteiger partial charge in [0.1, 0.15) is 11.6 Å². The Labute approximate surface area is 172 Å². The highest BCUT2D eigenvalue weighted by molar-refractivity contribution is 7.13. The van der Waals surface area contributed by atoms with Crippen molar-refractivity contribution in [3.8, 4) is 5.75 Å². The summed E-state index contributed by atoms with van der Waals surface area (Å²) in [7, 11) is 1.67. The van der Waals surface area contributed by atoms with E-state index < -0.39 is 0 Å². The van der Waals surface area contributed by atoms with Gasteiger partial charge < -0.3 is 15.0 Å². The lowest BCUT2D eigenvalue weighted by molar-refractivity contribution is -0.131. The number of anilines is 2. The van der Waals surface area contributed by atoms with E-state index in [1.807, 2.05) is 22.4 Å². The molecule has 0 unspecified atom stereocenters. The van der Waals surface area contributed by atoms with Crippen LogP contribution in [0.3, 0.4) is 0 Å². The molecule has 1 N–H and O–H groups in total. The van der Waals surface area contributed by atoms with E-state index in [9.17, 15) is 4.79 Å². The summed E-state index contributed by atoms with van der Waals surface area (Å²) in [6, 6.07) is 9.58. The largest absolute Gasteiger partial charge is 0.497 e. The summed E-state index contributed by atoms with van der Waals surface area (Å²) in [5, 5.41) is 6.31. The van der Waals surface area contributed by atoms with Crippen molar-refractivity contribution in [3.63, 3.8) is 0 Å². The van der Waals surface area contributed by atoms with E-state index in [0.717, 1.165) is 17.9 Å². The zero-order valence-electron chi connectivity index (χ0n) is 15.3. The zero-order chi connectivity index (χ0) is 19.5. The highest BCUT2D eigenvalue weighted by Crippen LogP contribution is 2.25. The maximum Gasteiger partial charge on any atom is 0.228 e. The Morgan fingerprint density at radius 3 is 3.00 bits per heavy atom. The topological polar surface area (TPSA) is 67.3 Å². The van der Waals surface area contributed by atoms with E-state index in [1.54, 1.807) is 25.4 Å². The number of methoxy groups -OCH3 is 1. The van der Waals surface area contributed by atoms with Crippen molar-refractivity contribution >= 4 is 39.8 Å². The molecule has 1 amide bonds. The van der Waals surface area contributed by atoms with Gasteiger partial charge in [-0.1, -0.05) is 17.7 Å². The molecule has 1 aromatic carbocycles. The van der Waals surface area contributed by atoms with Gasteiger partial charge in [-0.25, -0.2) is 9.97 Å². The molecule has 0 atom stereocenters. The molecule has 0 bridgehead atoms. The minimum absolute atomic E-state index is 0.0861. The fourth-order valence-corrected chi connectivity index (χ4v) is 3.97. The van der Waals surface area contributed by atoms with Crippen molar-refractivity contribution < 1.29 is 9.53 Å². The molecule has 2 aromatic heterocycles. The van der Waals surface area contributed by atoms with Gasteiger partial charge in [0.15, 0.2) is 5.13 Å². The molecule has 1 aliphatic rings. The van der Waals surface area contributed by atoms with Crippen molar-refractivity contribution in [2.45, 2.75) is 19.4 Å². The number of pyridine rings is 1. The molecule has 0 radical (unpaired) electrons. The summed E-state index contributed by atoms with van der Waals surface area (Å²) < 4.78 is 5.28. The first-order valence-corrected chi connectivity index (χ1v) is 10.1. The van der Waals surface area contributed by atoms with Crippen LogP contribution in [-0.4, -0.2) is 34.4 Å². The number of amides is 1. The Bertz CT molecular complexity index is 990. The Morgan fingerprint density at radius 1 is 1.32 bits per heavy atom. The number of benzene rings is 1. The van der Waals surface area contributed by atoms with Gasteiger partial charge in [0.05, 0.1) is 24.2 Å². The van der Waals surface area contributed by atoms with Crippen LogP contribution in [0.25, 0.3) is 0 Å². The van der Waals surface area contributed by atoms with Crippen LogP contribution >= 0.6 is 22.9 Å². The maximum absolute atomic E-state index is 12.7. The number of hydrogen-bond acceptors (Lipinski definition) is 6. The lowest BCUT2D eigenvalue weighted by Crippen LogP contribution is -2.36. The van der Waals surface area contributed by atoms with Gasteiger partial charge in [-0.15, -0.1) is 11.3 Å². The summed E-state index contributed by atoms with van der Waals surface area (Å²) in [4.78, 5) is 23.3. The Hall–Kier alpha value is -2.64. The SMILES string of the molecule is COc1ccc2c(c1)CCN(C(=O)Cc1csc(Nc3ccc(Cl)cn3)n1)C2. The lowest BCUT2D eigenvalue weighted by atomic mass is 9.99. The van der Waals surface area contributed by atoms with Crippen LogP contribution in [0.2, 0.25) is 5.02 Å². The molecule has 3 heterocycles. The molecule has 0 fully saturated rings. The van der Waals surface area contributed by atoms with Gasteiger partial charge in [0.2, 0.25) is 5.91 Å². The molecule has 0 aliphatic carbocycles. The molecular weight excluding hydrogens is 396 g/mol. The minimum Gasteiger partial charge on any atom is -0.497 e. The van der Waals surface area contributed by atoms with Crippen LogP contribution in [0.15, 0.2) is 41.9 Å². The second-order valence-corrected chi connectivity index (χ2v) is 7.80. The Kier molecular flexibility index (Phi) is 5.45. The van der Waals surface area contributed by atoms with E-state index in [-0.39, 0.29) is 12.3 Å². The third-order valence-corrected chi connectivity index (χ3v) is 5.65. The van der Waals surface area contributed by atoms with Crippen molar-refractivity contribution in [1.82, 2.24) is 14.9 Å². The van der Waals surface area contributed by atoms with Crippen molar-refractivity contribution in [2.75, 3.05) is 19.0 Å². The first-order valence-electron chi connectivity index (χ1n) is 8.87. The van der Waals surface area contributed by atoms with Crippen LogP contribution in [0.4, 0.5) is 10.9 Å². The number of hydrogen-bond donors (Lipinski definition) is 1. The van der Waals surface area contributed by atoms with E-state index >= 15 is 0 Å². The highest BCUT2D eigenvalue weighted by Gasteiger charge is 2.22. The van der Waals surface area contributed by atoms with Crippen molar-refractivity contribution in [1.29, 1.82) is 0 Å². The molecule has 3 aromatic rings. The van der Waals surface area contributed by atoms with Crippen LogP contribution in [-0.2, 0) is 24.2 Å². The third kappa shape index (κ3) is 4.26. The first kappa shape index (κ1) is 18.7. The monoisotopic (exact) mass is 414 g/mol. The summed E-state index contributed by atoms with van der Waals surface area (Å²) in [6.07, 6.45) is 2.70. The number of nitrogens with one attached hydrogen (secondary N) is 1. The number of nitrogens with zero attached hydrogens (tertiary/aromatic N) is 3. The molecule has 1 aliphatic heterocycles. The Balaban J connectivity index is 1.37. The van der Waals surface area contributed by atoms with E-state index in [0.29, 0.717) is 29.1 Å². The molecule has 8 heteroatoms. The van der Waals surface area contributed by atoms with E-state index in [1.165, 1.54) is 22.5 Å². The third-order valence-electron chi connectivity index (χ3n) is 4.62. The smallest absolute Gasteiger partial charge is 0.228 e. The zero-order valence-corrected chi connectivity index (χ0v) is 16.9. The van der Waals surface area contributed by atoms with Gasteiger partial charge in [-0.05, 0) is 41.8 Å². The number of carbonyl (C=O) groups is 1. The van der Waals surface area contributed by atoms with Gasteiger partial charge in [-0.2, -0.15) is 0 Å². The van der Waals surface area contributed by atoms with Gasteiger partial charge >= 0.3 is 0 Å². The normalized spacial score (nSPS) is 13.1. The fourth-order valence-electron chi connectivity index (χ4n) is 3.14. The molecule has 0 spiro atoms. The molecule has 4 rings (SSSR count). The van der Waals surface area contributed by atoms with Gasteiger partial charge in [0.25, 0.3) is 0 Å². The molecule has 28 heavy (non-hydrogen) atoms. The number of ether oxygens (including phenoxy) is 1. The van der Waals surface area contributed by atoms with E-state index in [2.05, 4.69) is 21.4 Å². The van der Waals surface area contributed by atoms with Gasteiger partial charge in [0, 0.05) is 24.7 Å². The second kappa shape index (κ2) is 8.16. The Morgan fingerprint density at radius 2 is 2.21 bits per heavy atom. The lowest BCUT2D eigenvalue weighted by Gasteiger charge is -2.29. The van der Waals surface area contributed by atoms with Crippen LogP contribution in [0.5, 0.6) is 5.75 Å². The molecule has 0 saturated carbocycles. The molecule has 6 nitrogen and oxygen atoms in total. The number of carbonyl (C=O) groups excluding carboxylic acids is 1. The maximum atomic E-state index is 12.7. The molecule has 0 saturated heterocycles. The average Bonchev–Trinajstić information content (AvgIpc) is 3.15. The highest BCUT2D eigenvalue weighted by atomic mass is 35.5. The van der Waals surface area contributed by atoms with Crippen LogP contribution < -0.4 is 10.1 Å². The summed E-state index contributed by atoms with van der Waals surface area (Å²) in [5.41, 5.74) is 3.18. The molecule has 144 valence electrons. The minimum atomic E-state index is 0.0861. The average molecular weight is 415 g/mol. The number of aromatic nitrogens is 2. The van der Waals surface area contributed by atoms with Crippen LogP contribution in [0, 0.1) is 0 Å². The first-order chi connectivity index (χ1) is 13.6. The number of rotatable bonds is 5. The molecular formula is C20H19ClN4O2S. The second-order valence-electron chi connectivity index (χ2n) is 6.51. The predicted octanol–water partition coefficient (Wildman–Crippen LogP) is 4.07. The van der Waals surface area contributed by atoms with Gasteiger partial charge in [-0.3, -0.25) is 4.79 Å². The quantitative estimate of drug-likeness (QED) is 0.681. The van der Waals surface area contributed by atoms with E-state index in [4.69, 9.17) is 16.3 Å². The number of halogens is 1. The summed E-state index contributed by atoms with van der Waals surface area (Å²) >= 11 is 7.29. The van der Waals surface area contributed by atoms with Crippen LogP contribution in [0.1, 0.15) is 16.8 Å². The number of thiazole rings is 1. The van der Waals surface area contributed by atoms with Crippen molar-refractivity contribution in [2.24, 2.45) is 0 Å². The number of fused-ring (bicyclic) bond motifs is 1. The summed E-state index contributed by atoms with van der Waals surface area (Å²) in [6.45, 7) is 1.34. The predicted molar refractivity (Wildman–Crippen MR) is 110 cm³/mol. The summed E-state index contributed by atoms with van der Waals surface area (Å²) in [5.74, 6) is 1.61. The standard InChI is InChI=1S/C20H19ClN4O2S/c1-27-17-4-2-14-11-25(7-6-13(14)8-17)19(26)9-16-12-28-20(23-16)24-18-5-3-15(21)10-22-18/h2-5,8,10,12H,6-7,9,11H2,1H3,(H,22,23,24).